The molecule has 1 aromatic heterocycles. The fraction of sp³-hybridized carbons (Fsp3) is 0.667. The van der Waals surface area contributed by atoms with Gasteiger partial charge in [-0.15, -0.1) is 0 Å². The van der Waals surface area contributed by atoms with E-state index in [0.29, 0.717) is 5.41 Å². The van der Waals surface area contributed by atoms with Gasteiger partial charge >= 0.3 is 0 Å². The quantitative estimate of drug-likeness (QED) is 0.817. The summed E-state index contributed by atoms with van der Waals surface area (Å²) >= 11 is 0. The number of ether oxygens (including phenoxy) is 1. The van der Waals surface area contributed by atoms with Crippen LogP contribution in [0.5, 0.6) is 5.75 Å². The normalized spacial score (nSPS) is 27.6. The maximum absolute atomic E-state index is 6.64. The van der Waals surface area contributed by atoms with E-state index in [0.717, 1.165) is 37.1 Å². The molecule has 0 aromatic carbocycles. The third kappa shape index (κ3) is 2.66. The third-order valence-electron chi connectivity index (χ3n) is 4.19. The van der Waals surface area contributed by atoms with Crippen LogP contribution in [0, 0.1) is 5.41 Å². The van der Waals surface area contributed by atoms with Crippen molar-refractivity contribution in [2.45, 2.75) is 51.5 Å². The van der Waals surface area contributed by atoms with E-state index in [9.17, 15) is 0 Å². The van der Waals surface area contributed by atoms with Gasteiger partial charge in [-0.1, -0.05) is 20.3 Å². The second kappa shape index (κ2) is 4.88. The fourth-order valence-corrected chi connectivity index (χ4v) is 2.86. The average Bonchev–Trinajstić information content (AvgIpc) is 2.49. The molecule has 1 atom stereocenters. The Kier molecular flexibility index (Phi) is 3.62. The number of pyridine rings is 1. The van der Waals surface area contributed by atoms with Crippen molar-refractivity contribution in [3.63, 3.8) is 0 Å². The summed E-state index contributed by atoms with van der Waals surface area (Å²) in [6.45, 7) is 4.66. The molecule has 3 nitrogen and oxygen atoms in total. The molecule has 0 spiro atoms. The van der Waals surface area contributed by atoms with Gasteiger partial charge in [-0.25, -0.2) is 0 Å². The Balaban J connectivity index is 2.30. The van der Waals surface area contributed by atoms with Crippen LogP contribution in [0.4, 0.5) is 0 Å². The molecule has 2 rings (SSSR count). The Morgan fingerprint density at radius 3 is 2.72 bits per heavy atom. The molecule has 1 saturated carbocycles. The van der Waals surface area contributed by atoms with Crippen molar-refractivity contribution in [3.8, 4) is 5.75 Å². The van der Waals surface area contributed by atoms with Gasteiger partial charge in [-0.2, -0.15) is 0 Å². The zero-order valence-corrected chi connectivity index (χ0v) is 11.7. The summed E-state index contributed by atoms with van der Waals surface area (Å²) in [5.74, 6) is 0.819. The Morgan fingerprint density at radius 2 is 2.00 bits per heavy atom. The molecule has 0 bridgehead atoms. The minimum Gasteiger partial charge on any atom is -0.495 e. The van der Waals surface area contributed by atoms with Crippen molar-refractivity contribution < 1.29 is 4.74 Å². The van der Waals surface area contributed by atoms with Gasteiger partial charge in [0.05, 0.1) is 12.6 Å². The lowest BCUT2D eigenvalue weighted by atomic mass is 9.82. The Morgan fingerprint density at radius 1 is 1.22 bits per heavy atom. The zero-order valence-electron chi connectivity index (χ0n) is 11.7. The maximum atomic E-state index is 6.64. The van der Waals surface area contributed by atoms with Crippen LogP contribution in [0.3, 0.4) is 0 Å². The first-order chi connectivity index (χ1) is 8.47. The topological polar surface area (TPSA) is 48.1 Å². The molecule has 1 fully saturated rings. The van der Waals surface area contributed by atoms with E-state index >= 15 is 0 Å². The lowest BCUT2D eigenvalue weighted by molar-refractivity contribution is 0.292. The second-order valence-electron chi connectivity index (χ2n) is 6.23. The average molecular weight is 248 g/mol. The highest BCUT2D eigenvalue weighted by molar-refractivity contribution is 5.33. The van der Waals surface area contributed by atoms with E-state index in [4.69, 9.17) is 10.5 Å². The first-order valence-electron chi connectivity index (χ1n) is 6.75. The van der Waals surface area contributed by atoms with Crippen molar-refractivity contribution in [2.24, 2.45) is 11.1 Å². The predicted octanol–water partition coefficient (Wildman–Crippen LogP) is 3.23. The van der Waals surface area contributed by atoms with Crippen LogP contribution in [0.25, 0.3) is 0 Å². The highest BCUT2D eigenvalue weighted by atomic mass is 16.5. The number of nitrogens with two attached hydrogens (primary N) is 1. The highest BCUT2D eigenvalue weighted by Gasteiger charge is 2.36. The van der Waals surface area contributed by atoms with E-state index in [1.165, 1.54) is 6.42 Å². The summed E-state index contributed by atoms with van der Waals surface area (Å²) in [7, 11) is 1.69. The summed E-state index contributed by atoms with van der Waals surface area (Å²) in [5, 5.41) is 0. The minimum atomic E-state index is -0.333. The van der Waals surface area contributed by atoms with E-state index in [2.05, 4.69) is 18.8 Å². The number of nitrogens with zero attached hydrogens (tertiary/aromatic N) is 1. The van der Waals surface area contributed by atoms with Crippen LogP contribution >= 0.6 is 0 Å². The third-order valence-corrected chi connectivity index (χ3v) is 4.19. The molecule has 1 unspecified atom stereocenters. The first-order valence-corrected chi connectivity index (χ1v) is 6.75. The van der Waals surface area contributed by atoms with Crippen LogP contribution in [0.2, 0.25) is 0 Å². The monoisotopic (exact) mass is 248 g/mol. The van der Waals surface area contributed by atoms with Crippen molar-refractivity contribution >= 4 is 0 Å². The van der Waals surface area contributed by atoms with Crippen LogP contribution in [-0.4, -0.2) is 12.1 Å². The van der Waals surface area contributed by atoms with Crippen LogP contribution in [0.1, 0.15) is 51.6 Å². The molecule has 0 amide bonds. The smallest absolute Gasteiger partial charge is 0.142 e. The summed E-state index contributed by atoms with van der Waals surface area (Å²) in [6.07, 6.45) is 7.31. The lowest BCUT2D eigenvalue weighted by Gasteiger charge is -2.29. The molecule has 1 aliphatic rings. The van der Waals surface area contributed by atoms with Gasteiger partial charge in [0, 0.05) is 6.20 Å². The molecule has 0 saturated heterocycles. The fourth-order valence-electron chi connectivity index (χ4n) is 2.86. The van der Waals surface area contributed by atoms with Gasteiger partial charge in [-0.05, 0) is 43.2 Å². The Hall–Kier alpha value is -1.09. The number of aromatic nitrogens is 1. The van der Waals surface area contributed by atoms with Gasteiger partial charge in [0.1, 0.15) is 11.4 Å². The first kappa shape index (κ1) is 13.3. The molecule has 1 aliphatic carbocycles. The largest absolute Gasteiger partial charge is 0.495 e. The minimum absolute atomic E-state index is 0.333. The Labute approximate surface area is 110 Å². The van der Waals surface area contributed by atoms with Crippen molar-refractivity contribution in [1.29, 1.82) is 0 Å². The summed E-state index contributed by atoms with van der Waals surface area (Å²) in [4.78, 5) is 4.48. The number of rotatable bonds is 2. The lowest BCUT2D eigenvalue weighted by Crippen LogP contribution is -2.37. The molecule has 0 aliphatic heterocycles. The van der Waals surface area contributed by atoms with E-state index < -0.39 is 0 Å². The summed E-state index contributed by atoms with van der Waals surface area (Å²) in [5.41, 5.74) is 7.62. The molecule has 2 N–H and O–H groups in total. The molecule has 18 heavy (non-hydrogen) atoms. The zero-order chi connectivity index (χ0) is 13.2. The molecular formula is C15H24N2O. The second-order valence-corrected chi connectivity index (χ2v) is 6.23. The highest BCUT2D eigenvalue weighted by Crippen LogP contribution is 2.42. The van der Waals surface area contributed by atoms with Gasteiger partial charge < -0.3 is 10.5 Å². The van der Waals surface area contributed by atoms with E-state index in [-0.39, 0.29) is 5.54 Å². The van der Waals surface area contributed by atoms with Gasteiger partial charge in [0.15, 0.2) is 0 Å². The van der Waals surface area contributed by atoms with Gasteiger partial charge in [0.25, 0.3) is 0 Å². The van der Waals surface area contributed by atoms with Crippen LogP contribution < -0.4 is 10.5 Å². The molecule has 100 valence electrons. The van der Waals surface area contributed by atoms with E-state index in [1.54, 1.807) is 7.11 Å². The molecule has 1 heterocycles. The molecular weight excluding hydrogens is 224 g/mol. The van der Waals surface area contributed by atoms with Gasteiger partial charge in [0.2, 0.25) is 0 Å². The van der Waals surface area contributed by atoms with Gasteiger partial charge in [-0.3, -0.25) is 4.98 Å². The standard InChI is InChI=1S/C15H24N2O/c1-14(2)7-5-8-15(16,10-9-14)13-12(18-3)6-4-11-17-13/h4,6,11H,5,7-10,16H2,1-3H3. The Bertz CT molecular complexity index is 417. The number of hydrogen-bond acceptors (Lipinski definition) is 3. The SMILES string of the molecule is COc1cccnc1C1(N)CCCC(C)(C)CC1. The van der Waals surface area contributed by atoms with Crippen LogP contribution in [0.15, 0.2) is 18.3 Å². The molecule has 3 heteroatoms. The maximum Gasteiger partial charge on any atom is 0.142 e. The van der Waals surface area contributed by atoms with Crippen LogP contribution in [-0.2, 0) is 5.54 Å². The predicted molar refractivity (Wildman–Crippen MR) is 73.5 cm³/mol. The molecule has 0 radical (unpaired) electrons. The molecule has 1 aromatic rings. The van der Waals surface area contributed by atoms with Crippen molar-refractivity contribution in [3.05, 3.63) is 24.0 Å². The summed E-state index contributed by atoms with van der Waals surface area (Å²) < 4.78 is 5.41. The number of methoxy groups -OCH3 is 1. The summed E-state index contributed by atoms with van der Waals surface area (Å²) in [6, 6.07) is 3.85. The van der Waals surface area contributed by atoms with E-state index in [1.807, 2.05) is 18.3 Å². The van der Waals surface area contributed by atoms with Crippen molar-refractivity contribution in [1.82, 2.24) is 4.98 Å². The number of hydrogen-bond donors (Lipinski definition) is 1. The van der Waals surface area contributed by atoms with Crippen molar-refractivity contribution in [2.75, 3.05) is 7.11 Å².